The van der Waals surface area contributed by atoms with Crippen molar-refractivity contribution in [1.82, 2.24) is 0 Å². The van der Waals surface area contributed by atoms with Crippen LogP contribution in [0.2, 0.25) is 0 Å². The fourth-order valence-corrected chi connectivity index (χ4v) is 21.0. The van der Waals surface area contributed by atoms with Crippen LogP contribution in [0.1, 0.15) is 60.3 Å². The van der Waals surface area contributed by atoms with Crippen LogP contribution in [0.15, 0.2) is 0 Å². The molecule has 0 aromatic carbocycles. The maximum absolute atomic E-state index is 12.2. The highest BCUT2D eigenvalue weighted by Crippen LogP contribution is 2.43. The van der Waals surface area contributed by atoms with Gasteiger partial charge in [-0.2, -0.15) is 132 Å². The highest BCUT2D eigenvalue weighted by Gasteiger charge is 2.61. The first-order chi connectivity index (χ1) is 60.1. The van der Waals surface area contributed by atoms with E-state index in [1.807, 2.05) is 34.6 Å². The molecule has 726 valence electrons. The zero-order chi connectivity index (χ0) is 93.8. The van der Waals surface area contributed by atoms with Crippen molar-refractivity contribution in [3.63, 3.8) is 0 Å². The van der Waals surface area contributed by atoms with Gasteiger partial charge >= 0.3 is 42.5 Å². The molecule has 30 fully saturated rings. The van der Waals surface area contributed by atoms with Gasteiger partial charge in [0.25, 0.3) is 0 Å². The van der Waals surface area contributed by atoms with Crippen molar-refractivity contribution >= 4 is 137 Å². The van der Waals surface area contributed by atoms with Gasteiger partial charge in [-0.25, -0.2) is 0 Å². The van der Waals surface area contributed by atoms with Gasteiger partial charge in [-0.1, -0.05) is 34.6 Å². The molecule has 46 nitrogen and oxygen atoms in total. The first-order valence-electron chi connectivity index (χ1n) is 39.7. The molecule has 126 heavy (non-hydrogen) atoms. The van der Waals surface area contributed by atoms with Crippen LogP contribution in [0.4, 0.5) is 0 Å². The van der Waals surface area contributed by atoms with Crippen LogP contribution in [0.3, 0.4) is 0 Å². The Morgan fingerprint density at radius 3 is 0.460 bits per heavy atom. The van der Waals surface area contributed by atoms with Crippen molar-refractivity contribution in [3.8, 4) is 0 Å². The molecule has 54 heteroatoms. The molecule has 0 amide bonds. The number of aliphatic carboxylic acids is 3. The number of carboxylic acid groups (broad SMARTS) is 3. The molecule has 30 heterocycles. The van der Waals surface area contributed by atoms with Gasteiger partial charge in [-0.05, 0) is 35.2 Å². The largest absolute Gasteiger partial charge is 0.481 e. The average Bonchev–Trinajstić information content (AvgIpc) is 0.771. The summed E-state index contributed by atoms with van der Waals surface area (Å²) < 4.78 is 102. The van der Waals surface area contributed by atoms with E-state index in [0.717, 1.165) is 35.3 Å². The van der Waals surface area contributed by atoms with Gasteiger partial charge in [-0.15, -0.1) is 0 Å². The van der Waals surface area contributed by atoms with Gasteiger partial charge in [0, 0.05) is 63.3 Å². The summed E-state index contributed by atoms with van der Waals surface area (Å²) in [6, 6.07) is 0. The maximum atomic E-state index is 12.2. The summed E-state index contributed by atoms with van der Waals surface area (Å²) in [7, 11) is 0. The second kappa shape index (κ2) is 59.3. The lowest BCUT2D eigenvalue weighted by Crippen LogP contribution is -2.69. The van der Waals surface area contributed by atoms with E-state index in [0.29, 0.717) is 35.2 Å². The molecule has 19 N–H and O–H groups in total. The number of carbonyl (C=O) groups excluding carboxylic acids is 8. The predicted octanol–water partition coefficient (Wildman–Crippen LogP) is -6.90. The van der Waals surface area contributed by atoms with Crippen LogP contribution in [0, 0.1) is 0 Å². The maximum Gasteiger partial charge on any atom is 0.373 e. The van der Waals surface area contributed by atoms with Crippen molar-refractivity contribution in [2.24, 2.45) is 0 Å². The zero-order valence-corrected chi connectivity index (χ0v) is 75.1. The topological polar surface area (TPSA) is 720 Å². The molecule has 0 aromatic heterocycles. The lowest BCUT2D eigenvalue weighted by molar-refractivity contribution is -0.396. The number of hydrogen-bond acceptors (Lipinski definition) is 51. The van der Waals surface area contributed by atoms with E-state index in [4.69, 9.17) is 114 Å². The molecule has 0 aromatic rings. The van der Waals surface area contributed by atoms with Crippen LogP contribution in [-0.2, 0) is 129 Å². The molecule has 40 atom stereocenters. The quantitative estimate of drug-likeness (QED) is 0.0287. The lowest BCUT2D eigenvalue weighted by atomic mass is 9.95. The Morgan fingerprint density at radius 1 is 0.214 bits per heavy atom. The monoisotopic (exact) mass is 1970 g/mol. The van der Waals surface area contributed by atoms with Crippen LogP contribution >= 0.6 is 94.1 Å². The standard InChI is InChI=1S/C68H114O38S8.4CO2/c1-6-14-111-22-30-57-41(79)49(87)65(95-30)104-58-32(24-113-16-12-35(71)72)97-67(51(89)43(58)81)106-60-33(25-114-17-13-36(73)74)98-68(52(90)44(60)82)105-59-31(23-112-15-11-34(69)70)96-66(50(88)42(59)80)102-56-29(21-110-10-5)93-63(47(85)39(56)77)100-54-27(19-108-8-3)91-61(45(83)37(54)75)99-53-26(18-107-7-2)92-62(46(84)38(53)76)101-55-28(20-109-9-4)94-64(103-57)48(86)40(55)78;4*2-1-3/h26-33,37-68,75-90H,6-25H2,1-5H3,(H,69,70)(H,71,72)(H,73,74);;;;/t26?,27?,28?,29?,30?,31?,32?,33?,37-,38-,39-,40-,41-,42-,43-,44-,45?,46?,47?,48?,49?,50?,51?,52?,53-,54-,55-,56-,57-,58-,59-,60-,61+,62-,63-,64-,65-,66-,67-,68-;;;;/m1..../s1. The van der Waals surface area contributed by atoms with Gasteiger partial charge in [0.1, 0.15) is 146 Å². The summed E-state index contributed by atoms with van der Waals surface area (Å²) in [6.07, 6.45) is -71.4. The summed E-state index contributed by atoms with van der Waals surface area (Å²) in [4.78, 5) is 100. The number of aliphatic hydroxyl groups excluding tert-OH is 16. The Kier molecular flexibility index (Phi) is 53.7. The number of thioether (sulfide) groups is 8. The van der Waals surface area contributed by atoms with E-state index < -0.39 is 264 Å². The zero-order valence-electron chi connectivity index (χ0n) is 68.5. The SMILES string of the molecule is CCCSCC1O[C@@H]2O[C@@H]3C(CSCCC(=O)O)O[C@H](O[C@@H]4C(CSCCC(=O)O)O[C@H](O[C@@H]5C(CSCCC(=O)O)O[C@H](O[C@@H]6C(CSCC)O[C@H](O[C@@H]7C(CSCC)O[C@@H](O[C@@H]8C(CSCC)O[C@H](O[C@@H]9C(CSCC)O[C@H](O[C@H]1[C@H](O)C2O)C(O)[C@H]9O)C(O)[C@H]8O)C(O)[C@H]7O)C(O)[C@H]6O)C(O)[C@H]5O)C(O)[C@H]4O)C(O)[C@H]3O.O=C=O.O=C=O.O=C=O.O=C=O. The lowest BCUT2D eigenvalue weighted by Gasteiger charge is -2.51. The second-order valence-electron chi connectivity index (χ2n) is 28.7. The van der Waals surface area contributed by atoms with Crippen molar-refractivity contribution in [3.05, 3.63) is 0 Å². The molecule has 16 unspecified atom stereocenters. The van der Waals surface area contributed by atoms with Crippen molar-refractivity contribution in [2.45, 2.75) is 306 Å². The number of aliphatic hydroxyl groups is 16. The minimum absolute atomic E-state index is 0.00164. The summed E-state index contributed by atoms with van der Waals surface area (Å²) in [5, 5.41) is 223. The molecule has 30 saturated heterocycles. The first-order valence-corrected chi connectivity index (χ1v) is 49.0. The number of carboxylic acids is 3. The van der Waals surface area contributed by atoms with Crippen molar-refractivity contribution < 1.29 is 226 Å². The minimum atomic E-state index is -2.20. The van der Waals surface area contributed by atoms with E-state index in [9.17, 15) is 111 Å². The van der Waals surface area contributed by atoms with E-state index in [2.05, 4.69) is 0 Å². The molecular weight excluding hydrogens is 1860 g/mol. The van der Waals surface area contributed by atoms with Gasteiger partial charge in [0.2, 0.25) is 0 Å². The minimum Gasteiger partial charge on any atom is -0.481 e. The third-order valence-electron chi connectivity index (χ3n) is 20.3. The van der Waals surface area contributed by atoms with E-state index in [1.165, 1.54) is 58.8 Å². The van der Waals surface area contributed by atoms with Crippen LogP contribution in [0.25, 0.3) is 0 Å². The number of carbonyl (C=O) groups is 3. The Labute approximate surface area is 755 Å². The van der Waals surface area contributed by atoms with Crippen LogP contribution in [-0.4, -0.2) is 477 Å². The molecule has 30 aliphatic rings. The van der Waals surface area contributed by atoms with Crippen molar-refractivity contribution in [2.75, 3.05) is 92.0 Å². The number of hydrogen-bond donors (Lipinski definition) is 19. The van der Waals surface area contributed by atoms with E-state index >= 15 is 0 Å². The molecule has 30 rings (SSSR count). The Balaban J connectivity index is 0.00000222. The van der Waals surface area contributed by atoms with Gasteiger partial charge in [0.05, 0.1) is 68.1 Å². The van der Waals surface area contributed by atoms with Crippen molar-refractivity contribution in [1.29, 1.82) is 0 Å². The first kappa shape index (κ1) is 114. The van der Waals surface area contributed by atoms with E-state index in [-0.39, 0.29) is 107 Å². The normalized spacial score (nSPS) is 41.3. The predicted molar refractivity (Wildman–Crippen MR) is 433 cm³/mol. The molecule has 30 aliphatic heterocycles. The van der Waals surface area contributed by atoms with Gasteiger partial charge in [-0.3, -0.25) is 14.4 Å². The summed E-state index contributed by atoms with van der Waals surface area (Å²) in [5.41, 5.74) is 0. The fourth-order valence-electron chi connectivity index (χ4n) is 14.2. The van der Waals surface area contributed by atoms with E-state index in [1.54, 1.807) is 0 Å². The summed E-state index contributed by atoms with van der Waals surface area (Å²) >= 11 is 9.49. The van der Waals surface area contributed by atoms with Gasteiger partial charge < -0.3 is 173 Å². The van der Waals surface area contributed by atoms with Gasteiger partial charge in [0.15, 0.2) is 50.3 Å². The molecule has 16 bridgehead atoms. The molecule has 0 saturated carbocycles. The third-order valence-corrected chi connectivity index (χ3v) is 28.6. The molecule has 0 radical (unpaired) electrons. The average molecular weight is 1970 g/mol. The third kappa shape index (κ3) is 32.9. The highest BCUT2D eigenvalue weighted by atomic mass is 32.2. The highest BCUT2D eigenvalue weighted by molar-refractivity contribution is 8.00. The number of ether oxygens (including phenoxy) is 16. The Bertz CT molecular complexity index is 3220. The fraction of sp³-hybridized carbons (Fsp3) is 0.903. The molecule has 0 spiro atoms. The smallest absolute Gasteiger partial charge is 0.373 e. The van der Waals surface area contributed by atoms with Crippen LogP contribution < -0.4 is 0 Å². The Morgan fingerprint density at radius 2 is 0.341 bits per heavy atom. The molecular formula is C72H114O46S8. The summed E-state index contributed by atoms with van der Waals surface area (Å²) in [6.45, 7) is 9.20. The Hall–Kier alpha value is -2.55. The summed E-state index contributed by atoms with van der Waals surface area (Å²) in [5.74, 6) is -1.95. The second-order valence-corrected chi connectivity index (χ2v) is 38.6. The molecule has 0 aliphatic carbocycles. The van der Waals surface area contributed by atoms with Crippen LogP contribution in [0.5, 0.6) is 0 Å². The number of rotatable bonds is 31.